The molecule has 6 rings (SSSR count). The first-order valence-electron chi connectivity index (χ1n) is 13.2. The smallest absolute Gasteiger partial charge is 0.254 e. The van der Waals surface area contributed by atoms with Crippen molar-refractivity contribution in [1.82, 2.24) is 19.5 Å². The quantitative estimate of drug-likeness (QED) is 0.387. The predicted molar refractivity (Wildman–Crippen MR) is 145 cm³/mol. The van der Waals surface area contributed by atoms with Crippen LogP contribution in [0.5, 0.6) is 5.88 Å². The minimum absolute atomic E-state index is 0.0354. The molecule has 39 heavy (non-hydrogen) atoms. The Bertz CT molecular complexity index is 1560. The van der Waals surface area contributed by atoms with Crippen LogP contribution in [0, 0.1) is 24.6 Å². The van der Waals surface area contributed by atoms with Gasteiger partial charge in [-0.2, -0.15) is 5.10 Å². The molecule has 1 aliphatic carbocycles. The Labute approximate surface area is 226 Å². The second kappa shape index (κ2) is 9.14. The summed E-state index contributed by atoms with van der Waals surface area (Å²) in [6.07, 6.45) is -0.794. The number of hydrogen-bond donors (Lipinski definition) is 2. The van der Waals surface area contributed by atoms with Gasteiger partial charge in [0.05, 0.1) is 28.7 Å². The van der Waals surface area contributed by atoms with E-state index < -0.39 is 11.6 Å². The molecule has 2 aliphatic rings. The van der Waals surface area contributed by atoms with Gasteiger partial charge in [-0.25, -0.2) is 13.9 Å². The van der Waals surface area contributed by atoms with Gasteiger partial charge < -0.3 is 20.5 Å². The van der Waals surface area contributed by atoms with Crippen LogP contribution in [0.25, 0.3) is 16.8 Å². The van der Waals surface area contributed by atoms with Gasteiger partial charge in [-0.15, -0.1) is 0 Å². The molecular weight excluding hydrogens is 497 g/mol. The number of fused-ring (bicyclic) bond motifs is 2. The number of halogens is 1. The summed E-state index contributed by atoms with van der Waals surface area (Å²) in [7, 11) is 0. The Kier molecular flexibility index (Phi) is 5.96. The standard InChI is InChI=1S/C30H32FN5O3/c1-16-9-22-10-19(11-26(17(2)37)36(22)34-16)29(38)35-14-23-24(15-35)28(23)39-27-13-20(30(3,4)32)12-25(33-27)18-5-7-21(31)8-6-18/h5-13,17,23-24,28,37H,14-15,32H2,1-4H3/t17?,23-,24+,28?. The highest BCUT2D eigenvalue weighted by molar-refractivity contribution is 5.96. The molecule has 8 nitrogen and oxygen atoms in total. The first-order valence-corrected chi connectivity index (χ1v) is 13.2. The van der Waals surface area contributed by atoms with E-state index in [0.29, 0.717) is 35.9 Å². The molecule has 3 aromatic heterocycles. The van der Waals surface area contributed by atoms with Crippen LogP contribution in [0.4, 0.5) is 4.39 Å². The van der Waals surface area contributed by atoms with E-state index >= 15 is 0 Å². The van der Waals surface area contributed by atoms with Crippen LogP contribution in [-0.2, 0) is 5.54 Å². The average Bonchev–Trinajstić information content (AvgIpc) is 3.20. The number of aliphatic hydroxyl groups excluding tert-OH is 1. The second-order valence-electron chi connectivity index (χ2n) is 11.4. The Hall–Kier alpha value is -3.82. The van der Waals surface area contributed by atoms with E-state index in [-0.39, 0.29) is 29.7 Å². The van der Waals surface area contributed by atoms with Crippen LogP contribution in [-0.4, -0.2) is 49.7 Å². The van der Waals surface area contributed by atoms with Gasteiger partial charge in [-0.1, -0.05) is 0 Å². The van der Waals surface area contributed by atoms with Crippen LogP contribution in [0.2, 0.25) is 0 Å². The highest BCUT2D eigenvalue weighted by Gasteiger charge is 2.59. The molecule has 202 valence electrons. The minimum atomic E-state index is -0.758. The van der Waals surface area contributed by atoms with Crippen molar-refractivity contribution < 1.29 is 19.0 Å². The van der Waals surface area contributed by atoms with Gasteiger partial charge in [0.15, 0.2) is 0 Å². The first kappa shape index (κ1) is 25.5. The number of pyridine rings is 2. The van der Waals surface area contributed by atoms with Crippen molar-refractivity contribution in [3.63, 3.8) is 0 Å². The molecule has 0 radical (unpaired) electrons. The molecule has 4 heterocycles. The molecule has 4 atom stereocenters. The fraction of sp³-hybridized carbons (Fsp3) is 0.367. The summed E-state index contributed by atoms with van der Waals surface area (Å²) < 4.78 is 21.5. The predicted octanol–water partition coefficient (Wildman–Crippen LogP) is 4.24. The number of carbonyl (C=O) groups is 1. The number of ether oxygens (including phenoxy) is 1. The number of hydrogen-bond acceptors (Lipinski definition) is 6. The minimum Gasteiger partial charge on any atom is -0.474 e. The molecule has 1 saturated carbocycles. The molecule has 1 aromatic carbocycles. The van der Waals surface area contributed by atoms with E-state index in [4.69, 9.17) is 15.5 Å². The fourth-order valence-electron chi connectivity index (χ4n) is 5.51. The fourth-order valence-corrected chi connectivity index (χ4v) is 5.51. The number of carbonyl (C=O) groups excluding carboxylic acids is 1. The van der Waals surface area contributed by atoms with Crippen LogP contribution in [0.1, 0.15) is 54.2 Å². The number of aromatic nitrogens is 3. The highest BCUT2D eigenvalue weighted by Crippen LogP contribution is 2.48. The Morgan fingerprint density at radius 3 is 2.46 bits per heavy atom. The van der Waals surface area contributed by atoms with Gasteiger partial charge in [-0.3, -0.25) is 4.79 Å². The molecule has 1 aliphatic heterocycles. The third-order valence-corrected chi connectivity index (χ3v) is 7.73. The van der Waals surface area contributed by atoms with E-state index in [1.165, 1.54) is 12.1 Å². The van der Waals surface area contributed by atoms with Gasteiger partial charge in [-0.05, 0) is 81.8 Å². The Morgan fingerprint density at radius 1 is 1.13 bits per heavy atom. The van der Waals surface area contributed by atoms with Crippen molar-refractivity contribution in [2.24, 2.45) is 17.6 Å². The van der Waals surface area contributed by atoms with Crippen LogP contribution in [0.15, 0.2) is 54.6 Å². The molecule has 1 amide bonds. The van der Waals surface area contributed by atoms with Crippen LogP contribution < -0.4 is 10.5 Å². The third-order valence-electron chi connectivity index (χ3n) is 7.73. The molecule has 2 fully saturated rings. The van der Waals surface area contributed by atoms with E-state index in [1.54, 1.807) is 29.6 Å². The van der Waals surface area contributed by atoms with Gasteiger partial charge in [0.25, 0.3) is 5.91 Å². The van der Waals surface area contributed by atoms with E-state index in [9.17, 15) is 14.3 Å². The first-order chi connectivity index (χ1) is 18.5. The lowest BCUT2D eigenvalue weighted by Gasteiger charge is -2.23. The van der Waals surface area contributed by atoms with Crippen molar-refractivity contribution in [1.29, 1.82) is 0 Å². The van der Waals surface area contributed by atoms with Crippen molar-refractivity contribution in [3.8, 4) is 17.1 Å². The summed E-state index contributed by atoms with van der Waals surface area (Å²) in [4.78, 5) is 20.0. The van der Waals surface area contributed by atoms with Crippen molar-refractivity contribution in [2.75, 3.05) is 13.1 Å². The molecule has 1 saturated heterocycles. The number of nitrogens with two attached hydrogens (primary N) is 1. The van der Waals surface area contributed by atoms with E-state index in [0.717, 1.165) is 22.3 Å². The number of nitrogens with zero attached hydrogens (tertiary/aromatic N) is 4. The number of benzene rings is 1. The maximum absolute atomic E-state index is 13.5. The number of likely N-dealkylation sites (tertiary alicyclic amines) is 1. The summed E-state index contributed by atoms with van der Waals surface area (Å²) in [5.41, 5.74) is 10.8. The van der Waals surface area contributed by atoms with Gasteiger partial charge in [0.1, 0.15) is 11.9 Å². The molecule has 4 aromatic rings. The van der Waals surface area contributed by atoms with Crippen molar-refractivity contribution >= 4 is 11.4 Å². The zero-order valence-electron chi connectivity index (χ0n) is 22.4. The van der Waals surface area contributed by atoms with Gasteiger partial charge in [0, 0.05) is 47.7 Å². The lowest BCUT2D eigenvalue weighted by atomic mass is 9.95. The zero-order chi connectivity index (χ0) is 27.6. The van der Waals surface area contributed by atoms with E-state index in [1.807, 2.05) is 49.9 Å². The molecule has 3 N–H and O–H groups in total. The summed E-state index contributed by atoms with van der Waals surface area (Å²) in [6.45, 7) is 8.57. The second-order valence-corrected chi connectivity index (χ2v) is 11.4. The SMILES string of the molecule is Cc1cc2cc(C(=O)N3C[C@@H]4C(Oc5cc(C(C)(C)N)cc(-c6ccc(F)cc6)n5)[C@@H]4C3)cc(C(C)O)n2n1. The average molecular weight is 530 g/mol. The molecule has 2 unspecified atom stereocenters. The molecular formula is C30H32FN5O3. The van der Waals surface area contributed by atoms with Gasteiger partial charge in [0.2, 0.25) is 5.88 Å². The molecule has 9 heteroatoms. The lowest BCUT2D eigenvalue weighted by Crippen LogP contribution is -2.33. The largest absolute Gasteiger partial charge is 0.474 e. The third kappa shape index (κ3) is 4.77. The number of rotatable bonds is 6. The molecule has 0 bridgehead atoms. The molecule has 0 spiro atoms. The number of amides is 1. The van der Waals surface area contributed by atoms with Crippen LogP contribution >= 0.6 is 0 Å². The van der Waals surface area contributed by atoms with Crippen LogP contribution in [0.3, 0.4) is 0 Å². The topological polar surface area (TPSA) is 106 Å². The normalized spacial score (nSPS) is 21.2. The number of aryl methyl sites for hydroxylation is 1. The zero-order valence-corrected chi connectivity index (χ0v) is 22.4. The van der Waals surface area contributed by atoms with Gasteiger partial charge >= 0.3 is 0 Å². The van der Waals surface area contributed by atoms with E-state index in [2.05, 4.69) is 5.10 Å². The maximum Gasteiger partial charge on any atom is 0.254 e. The van der Waals surface area contributed by atoms with Crippen molar-refractivity contribution in [2.45, 2.75) is 45.4 Å². The number of piperidine rings is 1. The van der Waals surface area contributed by atoms with Crippen molar-refractivity contribution in [3.05, 3.63) is 82.9 Å². The summed E-state index contributed by atoms with van der Waals surface area (Å²) >= 11 is 0. The summed E-state index contributed by atoms with van der Waals surface area (Å²) in [5.74, 6) is 0.546. The summed E-state index contributed by atoms with van der Waals surface area (Å²) in [5, 5.41) is 14.7. The summed E-state index contributed by atoms with van der Waals surface area (Å²) in [6, 6.07) is 15.4. The lowest BCUT2D eigenvalue weighted by molar-refractivity contribution is 0.0751. The monoisotopic (exact) mass is 529 g/mol. The highest BCUT2D eigenvalue weighted by atomic mass is 19.1. The Balaban J connectivity index is 1.19. The Morgan fingerprint density at radius 2 is 1.82 bits per heavy atom. The maximum atomic E-state index is 13.5. The number of aliphatic hydroxyl groups is 1.